The van der Waals surface area contributed by atoms with Crippen molar-refractivity contribution in [3.05, 3.63) is 59.3 Å². The van der Waals surface area contributed by atoms with Crippen LogP contribution in [0.3, 0.4) is 0 Å². The predicted octanol–water partition coefficient (Wildman–Crippen LogP) is 3.10. The average molecular weight is 460 g/mol. The van der Waals surface area contributed by atoms with Crippen molar-refractivity contribution in [2.24, 2.45) is 0 Å². The molecule has 0 amide bonds. The molecule has 0 unspecified atom stereocenters. The van der Waals surface area contributed by atoms with Gasteiger partial charge in [-0.2, -0.15) is 4.31 Å². The highest BCUT2D eigenvalue weighted by atomic mass is 32.2. The van der Waals surface area contributed by atoms with Crippen LogP contribution in [-0.4, -0.2) is 36.1 Å². The maximum atomic E-state index is 12.9. The maximum Gasteiger partial charge on any atom is 0.324 e. The van der Waals surface area contributed by atoms with Crippen molar-refractivity contribution in [3.8, 4) is 5.75 Å². The Labute approximate surface area is 186 Å². The molecule has 1 aliphatic rings. The van der Waals surface area contributed by atoms with Crippen LogP contribution in [0.1, 0.15) is 37.8 Å². The average Bonchev–Trinajstić information content (AvgIpc) is 3.45. The Morgan fingerprint density at radius 3 is 2.59 bits per heavy atom. The molecule has 2 aromatic carbocycles. The summed E-state index contributed by atoms with van der Waals surface area (Å²) in [5.74, 6) is -0.421. The Balaban J connectivity index is 1.62. The van der Waals surface area contributed by atoms with Gasteiger partial charge >= 0.3 is 5.82 Å². The molecule has 3 aromatic rings. The summed E-state index contributed by atoms with van der Waals surface area (Å²) < 4.78 is 31.9. The summed E-state index contributed by atoms with van der Waals surface area (Å²) in [6.07, 6.45) is 2.28. The van der Waals surface area contributed by atoms with Gasteiger partial charge < -0.3 is 20.3 Å². The van der Waals surface area contributed by atoms with E-state index in [1.807, 2.05) is 37.3 Å². The molecule has 2 heterocycles. The normalized spacial score (nSPS) is 15.5. The van der Waals surface area contributed by atoms with E-state index >= 15 is 0 Å². The van der Waals surface area contributed by atoms with Crippen molar-refractivity contribution in [2.45, 2.75) is 37.1 Å². The van der Waals surface area contributed by atoms with E-state index in [1.165, 1.54) is 22.5 Å². The van der Waals surface area contributed by atoms with Gasteiger partial charge in [-0.15, -0.1) is 0 Å². The number of phenols is 1. The molecule has 1 aromatic heterocycles. The maximum absolute atomic E-state index is 12.9. The molecule has 1 atom stereocenters. The van der Waals surface area contributed by atoms with Gasteiger partial charge in [0.05, 0.1) is 6.04 Å². The van der Waals surface area contributed by atoms with Crippen LogP contribution >= 0.6 is 0 Å². The molecular formula is C21H25N5O5S. The Kier molecular flexibility index (Phi) is 6.19. The molecule has 0 saturated carbocycles. The minimum absolute atomic E-state index is 0.0499. The molecular weight excluding hydrogens is 434 g/mol. The van der Waals surface area contributed by atoms with E-state index in [-0.39, 0.29) is 33.2 Å². The van der Waals surface area contributed by atoms with Crippen LogP contribution in [0.25, 0.3) is 0 Å². The molecule has 1 saturated heterocycles. The second-order valence-electron chi connectivity index (χ2n) is 7.53. The monoisotopic (exact) mass is 459 g/mol. The highest BCUT2D eigenvalue weighted by Crippen LogP contribution is 2.36. The zero-order valence-corrected chi connectivity index (χ0v) is 18.4. The highest BCUT2D eigenvalue weighted by Gasteiger charge is 2.31. The van der Waals surface area contributed by atoms with Crippen LogP contribution < -0.4 is 15.5 Å². The number of rotatable bonds is 8. The molecule has 1 aliphatic heterocycles. The lowest BCUT2D eigenvalue weighted by molar-refractivity contribution is -0.790. The molecule has 0 spiro atoms. The lowest BCUT2D eigenvalue weighted by Crippen LogP contribution is -2.28. The summed E-state index contributed by atoms with van der Waals surface area (Å²) in [5.41, 5.74) is 1.05. The van der Waals surface area contributed by atoms with Crippen LogP contribution in [0.2, 0.25) is 0 Å². The number of aromatic hydroxyl groups is 1. The van der Waals surface area contributed by atoms with Crippen molar-refractivity contribution in [2.75, 3.05) is 23.7 Å². The Bertz CT molecular complexity index is 1180. The quantitative estimate of drug-likeness (QED) is 0.345. The van der Waals surface area contributed by atoms with Gasteiger partial charge in [0.15, 0.2) is 5.75 Å². The number of benzene rings is 2. The number of nitrogens with one attached hydrogen (secondary N) is 2. The van der Waals surface area contributed by atoms with Crippen LogP contribution in [-0.2, 0) is 10.0 Å². The second kappa shape index (κ2) is 9.05. The van der Waals surface area contributed by atoms with Gasteiger partial charge in [-0.05, 0) is 42.1 Å². The Morgan fingerprint density at radius 1 is 1.19 bits per heavy atom. The minimum Gasteiger partial charge on any atom is -0.503 e. The van der Waals surface area contributed by atoms with Crippen molar-refractivity contribution in [3.63, 3.8) is 0 Å². The summed E-state index contributed by atoms with van der Waals surface area (Å²) in [4.78, 5) is -0.0512. The summed E-state index contributed by atoms with van der Waals surface area (Å²) >= 11 is 0. The Hall–Kier alpha value is -3.31. The smallest absolute Gasteiger partial charge is 0.324 e. The van der Waals surface area contributed by atoms with E-state index in [2.05, 4.69) is 15.8 Å². The van der Waals surface area contributed by atoms with Crippen LogP contribution in [0.5, 0.6) is 5.75 Å². The number of hydrogen-bond donors (Lipinski definition) is 3. The first-order valence-corrected chi connectivity index (χ1v) is 11.9. The highest BCUT2D eigenvalue weighted by molar-refractivity contribution is 7.89. The molecule has 0 radical (unpaired) electrons. The van der Waals surface area contributed by atoms with Crippen LogP contribution in [0.4, 0.5) is 17.3 Å². The summed E-state index contributed by atoms with van der Waals surface area (Å²) in [5, 5.41) is 32.7. The van der Waals surface area contributed by atoms with Gasteiger partial charge in [-0.1, -0.05) is 48.2 Å². The number of sulfonamides is 1. The van der Waals surface area contributed by atoms with Gasteiger partial charge in [0.1, 0.15) is 10.6 Å². The number of phenolic OH excluding ortho intramolecular Hbond substituents is 1. The molecule has 1 fully saturated rings. The zero-order chi connectivity index (χ0) is 22.7. The van der Waals surface area contributed by atoms with E-state index in [0.717, 1.165) is 18.4 Å². The van der Waals surface area contributed by atoms with E-state index in [1.54, 1.807) is 0 Å². The van der Waals surface area contributed by atoms with Crippen molar-refractivity contribution in [1.29, 1.82) is 0 Å². The standard InChI is InChI=1S/C21H25N5O5S/c1-2-16(15-9-4-3-5-10-15)22-20-21(26(28)31-24-20)23-17-11-8-12-18(19(17)27)32(29,30)25-13-6-7-14-25/h3-5,8-12,16,23,27H,2,6-7,13-14H2,1H3,(H,22,24)/t16-/m1/s1. The fourth-order valence-corrected chi connectivity index (χ4v) is 5.37. The largest absolute Gasteiger partial charge is 0.503 e. The molecule has 11 heteroatoms. The molecule has 170 valence electrons. The third-order valence-corrected chi connectivity index (χ3v) is 7.40. The number of hydrogen-bond acceptors (Lipinski definition) is 8. The summed E-state index contributed by atoms with van der Waals surface area (Å²) in [6.45, 7) is 2.82. The fraction of sp³-hybridized carbons (Fsp3) is 0.333. The summed E-state index contributed by atoms with van der Waals surface area (Å²) in [7, 11) is -3.85. The second-order valence-corrected chi connectivity index (χ2v) is 9.44. The fourth-order valence-electron chi connectivity index (χ4n) is 3.75. The third kappa shape index (κ3) is 4.21. The van der Waals surface area contributed by atoms with E-state index in [4.69, 9.17) is 4.63 Å². The first kappa shape index (κ1) is 21.9. The molecule has 4 rings (SSSR count). The number of para-hydroxylation sites is 1. The minimum atomic E-state index is -3.85. The first-order valence-electron chi connectivity index (χ1n) is 10.4. The summed E-state index contributed by atoms with van der Waals surface area (Å²) in [6, 6.07) is 13.8. The van der Waals surface area contributed by atoms with E-state index < -0.39 is 15.8 Å². The van der Waals surface area contributed by atoms with Gasteiger partial charge in [0.25, 0.3) is 5.82 Å². The van der Waals surface area contributed by atoms with Gasteiger partial charge in [-0.25, -0.2) is 8.42 Å². The van der Waals surface area contributed by atoms with Crippen LogP contribution in [0, 0.1) is 5.21 Å². The molecule has 0 bridgehead atoms. The van der Waals surface area contributed by atoms with Crippen LogP contribution in [0.15, 0.2) is 58.1 Å². The SMILES string of the molecule is CC[C@@H](Nc1no[n+]([O-])c1Nc1cccc(S(=O)(=O)N2CCCC2)c1O)c1ccccc1. The van der Waals surface area contributed by atoms with Crippen molar-refractivity contribution >= 4 is 27.3 Å². The number of anilines is 3. The topological polar surface area (TPSA) is 135 Å². The van der Waals surface area contributed by atoms with Gasteiger partial charge in [0.2, 0.25) is 10.0 Å². The third-order valence-electron chi connectivity index (χ3n) is 5.47. The zero-order valence-electron chi connectivity index (χ0n) is 17.6. The molecule has 0 aliphatic carbocycles. The number of nitrogens with zero attached hydrogens (tertiary/aromatic N) is 3. The molecule has 10 nitrogen and oxygen atoms in total. The first-order chi connectivity index (χ1) is 15.4. The lowest BCUT2D eigenvalue weighted by Gasteiger charge is -2.17. The van der Waals surface area contributed by atoms with Crippen molar-refractivity contribution in [1.82, 2.24) is 9.46 Å². The Morgan fingerprint density at radius 2 is 1.91 bits per heavy atom. The molecule has 3 N–H and O–H groups in total. The van der Waals surface area contributed by atoms with Crippen molar-refractivity contribution < 1.29 is 23.1 Å². The van der Waals surface area contributed by atoms with E-state index in [9.17, 15) is 18.7 Å². The predicted molar refractivity (Wildman–Crippen MR) is 118 cm³/mol. The number of aromatic nitrogens is 2. The van der Waals surface area contributed by atoms with E-state index in [0.29, 0.717) is 19.5 Å². The van der Waals surface area contributed by atoms with Gasteiger partial charge in [0, 0.05) is 13.1 Å². The lowest BCUT2D eigenvalue weighted by atomic mass is 10.0. The van der Waals surface area contributed by atoms with Gasteiger partial charge in [-0.3, -0.25) is 5.32 Å². The molecule has 32 heavy (non-hydrogen) atoms.